The number of ketones is 1. The highest BCUT2D eigenvalue weighted by Crippen LogP contribution is 2.46. The van der Waals surface area contributed by atoms with E-state index in [1.165, 1.54) is 12.1 Å². The Labute approximate surface area is 210 Å². The van der Waals surface area contributed by atoms with E-state index in [1.807, 2.05) is 31.2 Å². The van der Waals surface area contributed by atoms with E-state index in [0.717, 1.165) is 29.9 Å². The quantitative estimate of drug-likeness (QED) is 0.579. The Balaban J connectivity index is 1.50. The van der Waals surface area contributed by atoms with Crippen LogP contribution in [-0.2, 0) is 19.1 Å². The van der Waals surface area contributed by atoms with Crippen molar-refractivity contribution in [3.63, 3.8) is 0 Å². The lowest BCUT2D eigenvalue weighted by Gasteiger charge is -2.37. The monoisotopic (exact) mass is 491 g/mol. The number of ether oxygens (including phenoxy) is 3. The molecule has 0 bridgehead atoms. The van der Waals surface area contributed by atoms with Crippen LogP contribution < -0.4 is 10.1 Å². The number of rotatable bonds is 6. The molecular formula is C29H30FNO5. The second-order valence-corrected chi connectivity index (χ2v) is 9.54. The number of hydrogen-bond acceptors (Lipinski definition) is 6. The summed E-state index contributed by atoms with van der Waals surface area (Å²) in [4.78, 5) is 27.1. The fraction of sp³-hybridized carbons (Fsp3) is 0.379. The van der Waals surface area contributed by atoms with Crippen molar-refractivity contribution in [3.8, 4) is 5.75 Å². The SMILES string of the molecule is COc1ccccc1C1CC(=O)C2=C(C1)NC(C)=C(C(=O)OCC1CCCO1)C2c1ccc(F)cc1. The van der Waals surface area contributed by atoms with Crippen molar-refractivity contribution in [2.24, 2.45) is 0 Å². The van der Waals surface area contributed by atoms with Gasteiger partial charge in [0.25, 0.3) is 0 Å². The van der Waals surface area contributed by atoms with Gasteiger partial charge in [0.2, 0.25) is 0 Å². The van der Waals surface area contributed by atoms with Gasteiger partial charge in [-0.15, -0.1) is 0 Å². The van der Waals surface area contributed by atoms with Crippen LogP contribution >= 0.6 is 0 Å². The lowest BCUT2D eigenvalue weighted by atomic mass is 9.71. The maximum absolute atomic E-state index is 13.8. The van der Waals surface area contributed by atoms with Gasteiger partial charge in [-0.25, -0.2) is 9.18 Å². The molecule has 188 valence electrons. The highest BCUT2D eigenvalue weighted by atomic mass is 19.1. The summed E-state index contributed by atoms with van der Waals surface area (Å²) in [5, 5.41) is 3.35. The number of benzene rings is 2. The van der Waals surface area contributed by atoms with E-state index in [2.05, 4.69) is 5.32 Å². The van der Waals surface area contributed by atoms with Crippen LogP contribution in [0.2, 0.25) is 0 Å². The van der Waals surface area contributed by atoms with E-state index < -0.39 is 11.9 Å². The predicted molar refractivity (Wildman–Crippen MR) is 132 cm³/mol. The fourth-order valence-electron chi connectivity index (χ4n) is 5.54. The summed E-state index contributed by atoms with van der Waals surface area (Å²) < 4.78 is 30.6. The molecule has 2 aromatic rings. The van der Waals surface area contributed by atoms with E-state index in [1.54, 1.807) is 19.2 Å². The molecule has 1 N–H and O–H groups in total. The first-order valence-electron chi connectivity index (χ1n) is 12.4. The molecule has 3 unspecified atom stereocenters. The average molecular weight is 492 g/mol. The van der Waals surface area contributed by atoms with Crippen LogP contribution in [0.3, 0.4) is 0 Å². The minimum atomic E-state index is -0.634. The van der Waals surface area contributed by atoms with Gasteiger partial charge in [0.05, 0.1) is 18.8 Å². The van der Waals surface area contributed by atoms with Crippen molar-refractivity contribution in [1.29, 1.82) is 0 Å². The molecule has 36 heavy (non-hydrogen) atoms. The van der Waals surface area contributed by atoms with Gasteiger partial charge in [-0.3, -0.25) is 4.79 Å². The molecule has 2 heterocycles. The van der Waals surface area contributed by atoms with Gasteiger partial charge >= 0.3 is 5.97 Å². The van der Waals surface area contributed by atoms with Crippen LogP contribution in [0, 0.1) is 5.82 Å². The molecule has 3 aliphatic rings. The van der Waals surface area contributed by atoms with Crippen LogP contribution in [0.15, 0.2) is 71.1 Å². The van der Waals surface area contributed by atoms with Crippen LogP contribution in [0.25, 0.3) is 0 Å². The highest BCUT2D eigenvalue weighted by molar-refractivity contribution is 6.04. The first-order chi connectivity index (χ1) is 17.5. The van der Waals surface area contributed by atoms with Crippen molar-refractivity contribution in [3.05, 3.63) is 88.0 Å². The summed E-state index contributed by atoms with van der Waals surface area (Å²) in [6.07, 6.45) is 2.57. The topological polar surface area (TPSA) is 73.9 Å². The van der Waals surface area contributed by atoms with Gasteiger partial charge in [-0.2, -0.15) is 0 Å². The molecule has 0 spiro atoms. The Bertz CT molecular complexity index is 1230. The zero-order valence-electron chi connectivity index (χ0n) is 20.5. The summed E-state index contributed by atoms with van der Waals surface area (Å²) in [7, 11) is 1.62. The van der Waals surface area contributed by atoms with Crippen LogP contribution in [-0.4, -0.2) is 38.2 Å². The number of carbonyl (C=O) groups excluding carboxylic acids is 2. The molecule has 6 nitrogen and oxygen atoms in total. The lowest BCUT2D eigenvalue weighted by molar-refractivity contribution is -0.142. The third kappa shape index (κ3) is 4.67. The summed E-state index contributed by atoms with van der Waals surface area (Å²) >= 11 is 0. The van der Waals surface area contributed by atoms with E-state index in [0.29, 0.717) is 35.4 Å². The Morgan fingerprint density at radius 1 is 1.14 bits per heavy atom. The molecule has 1 saturated heterocycles. The molecule has 1 fully saturated rings. The first-order valence-corrected chi connectivity index (χ1v) is 12.4. The van der Waals surface area contributed by atoms with E-state index in [9.17, 15) is 14.0 Å². The molecule has 2 aromatic carbocycles. The largest absolute Gasteiger partial charge is 0.496 e. The van der Waals surface area contributed by atoms with Crippen molar-refractivity contribution >= 4 is 11.8 Å². The van der Waals surface area contributed by atoms with Gasteiger partial charge in [0.1, 0.15) is 18.2 Å². The number of Topliss-reactive ketones (excluding diaryl/α,β-unsaturated/α-hetero) is 1. The molecule has 0 aromatic heterocycles. The molecular weight excluding hydrogens is 461 g/mol. The minimum absolute atomic E-state index is 0.0501. The summed E-state index contributed by atoms with van der Waals surface area (Å²) in [5.41, 5.74) is 3.99. The number of nitrogens with one attached hydrogen (secondary N) is 1. The lowest BCUT2D eigenvalue weighted by Crippen LogP contribution is -2.36. The zero-order valence-corrected chi connectivity index (χ0v) is 20.5. The van der Waals surface area contributed by atoms with E-state index >= 15 is 0 Å². The summed E-state index contributed by atoms with van der Waals surface area (Å²) in [6.45, 7) is 2.66. The fourth-order valence-corrected chi connectivity index (χ4v) is 5.54. The Hall–Kier alpha value is -3.45. The van der Waals surface area contributed by atoms with Crippen molar-refractivity contribution in [1.82, 2.24) is 5.32 Å². The molecule has 0 radical (unpaired) electrons. The number of carbonyl (C=O) groups is 2. The standard InChI is InChI=1S/C29H30FNO5/c1-17-26(29(33)36-16-21-6-5-13-35-21)27(18-9-11-20(30)12-10-18)28-23(31-17)14-19(15-24(28)32)22-7-3-4-8-25(22)34-2/h3-4,7-12,19,21,27,31H,5-6,13-16H2,1-2H3. The third-order valence-corrected chi connectivity index (χ3v) is 7.25. The molecule has 1 aliphatic carbocycles. The molecule has 0 saturated carbocycles. The van der Waals surface area contributed by atoms with E-state index in [4.69, 9.17) is 14.2 Å². The Morgan fingerprint density at radius 2 is 1.92 bits per heavy atom. The van der Waals surface area contributed by atoms with Gasteiger partial charge in [0, 0.05) is 41.8 Å². The number of dihydropyridines is 1. The maximum Gasteiger partial charge on any atom is 0.336 e. The van der Waals surface area contributed by atoms with Crippen molar-refractivity contribution < 1.29 is 28.2 Å². The van der Waals surface area contributed by atoms with Gasteiger partial charge < -0.3 is 19.5 Å². The molecule has 2 aliphatic heterocycles. The molecule has 3 atom stereocenters. The van der Waals surface area contributed by atoms with Crippen LogP contribution in [0.1, 0.15) is 55.6 Å². The second kappa shape index (κ2) is 10.3. The summed E-state index contributed by atoms with van der Waals surface area (Å²) in [5.74, 6) is -0.867. The van der Waals surface area contributed by atoms with Gasteiger partial charge in [-0.1, -0.05) is 30.3 Å². The number of halogens is 1. The smallest absolute Gasteiger partial charge is 0.336 e. The third-order valence-electron chi connectivity index (χ3n) is 7.25. The van der Waals surface area contributed by atoms with Gasteiger partial charge in [-0.05, 0) is 55.5 Å². The zero-order chi connectivity index (χ0) is 25.2. The number of methoxy groups -OCH3 is 1. The highest BCUT2D eigenvalue weighted by Gasteiger charge is 2.42. The van der Waals surface area contributed by atoms with Crippen molar-refractivity contribution in [2.75, 3.05) is 20.3 Å². The second-order valence-electron chi connectivity index (χ2n) is 9.54. The van der Waals surface area contributed by atoms with Crippen LogP contribution in [0.5, 0.6) is 5.75 Å². The molecule has 7 heteroatoms. The van der Waals surface area contributed by atoms with Crippen molar-refractivity contribution in [2.45, 2.75) is 50.5 Å². The average Bonchev–Trinajstić information content (AvgIpc) is 3.40. The van der Waals surface area contributed by atoms with E-state index in [-0.39, 0.29) is 36.7 Å². The predicted octanol–water partition coefficient (Wildman–Crippen LogP) is 4.92. The number of para-hydroxylation sites is 1. The number of allylic oxidation sites excluding steroid dienone is 3. The summed E-state index contributed by atoms with van der Waals surface area (Å²) in [6, 6.07) is 13.7. The molecule has 5 rings (SSSR count). The van der Waals surface area contributed by atoms with Gasteiger partial charge in [0.15, 0.2) is 5.78 Å². The van der Waals surface area contributed by atoms with Crippen LogP contribution in [0.4, 0.5) is 4.39 Å². The maximum atomic E-state index is 13.8. The number of esters is 1. The Morgan fingerprint density at radius 3 is 2.64 bits per heavy atom. The first kappa shape index (κ1) is 24.3. The minimum Gasteiger partial charge on any atom is -0.496 e. The Kier molecular flexibility index (Phi) is 6.92. The normalized spacial score (nSPS) is 23.9. The number of hydrogen-bond donors (Lipinski definition) is 1. The molecule has 0 amide bonds.